The first-order valence-electron chi connectivity index (χ1n) is 8.10. The van der Waals surface area contributed by atoms with E-state index in [1.807, 2.05) is 0 Å². The molecule has 0 spiro atoms. The lowest BCUT2D eigenvalue weighted by Crippen LogP contribution is -2.24. The predicted molar refractivity (Wildman–Crippen MR) is 81.3 cm³/mol. The number of carbonyl (C=O) groups is 1. The number of carbonyl (C=O) groups excluding carboxylic acids is 1. The topological polar surface area (TPSA) is 77.9 Å². The molecule has 0 aliphatic heterocycles. The van der Waals surface area contributed by atoms with E-state index >= 15 is 0 Å². The lowest BCUT2D eigenvalue weighted by molar-refractivity contribution is -0.121. The summed E-state index contributed by atoms with van der Waals surface area (Å²) in [5.74, 6) is 1.08. The molecule has 1 aliphatic rings. The van der Waals surface area contributed by atoms with E-state index in [-0.39, 0.29) is 5.91 Å². The molecule has 0 bridgehead atoms. The Morgan fingerprint density at radius 3 is 2.65 bits per heavy atom. The number of amides is 1. The molecule has 1 amide bonds. The van der Waals surface area contributed by atoms with Crippen molar-refractivity contribution in [3.05, 3.63) is 10.4 Å². The van der Waals surface area contributed by atoms with Gasteiger partial charge in [-0.2, -0.15) is 0 Å². The lowest BCUT2D eigenvalue weighted by atomic mass is 9.99. The van der Waals surface area contributed by atoms with Gasteiger partial charge >= 0.3 is 0 Å². The van der Waals surface area contributed by atoms with Crippen molar-refractivity contribution in [2.24, 2.45) is 11.0 Å². The van der Waals surface area contributed by atoms with Gasteiger partial charge in [0.1, 0.15) is 0 Å². The molecule has 1 aliphatic carbocycles. The first-order chi connectivity index (χ1) is 9.83. The Kier molecular flexibility index (Phi) is 9.76. The normalized spacial score (nSPS) is 15.0. The molecular formula is C15H28N4O. The van der Waals surface area contributed by atoms with E-state index in [9.17, 15) is 4.79 Å². The second-order valence-corrected chi connectivity index (χ2v) is 5.76. The summed E-state index contributed by atoms with van der Waals surface area (Å²) in [6.07, 6.45) is 13.2. The molecule has 5 heteroatoms. The lowest BCUT2D eigenvalue weighted by Gasteiger charge is -2.08. The zero-order valence-corrected chi connectivity index (χ0v) is 12.5. The number of nitrogens with one attached hydrogen (secondary N) is 1. The molecule has 1 N–H and O–H groups in total. The second-order valence-electron chi connectivity index (χ2n) is 5.76. The third kappa shape index (κ3) is 8.81. The van der Waals surface area contributed by atoms with Crippen molar-refractivity contribution >= 4 is 5.91 Å². The Morgan fingerprint density at radius 2 is 1.90 bits per heavy atom. The van der Waals surface area contributed by atoms with Gasteiger partial charge in [-0.3, -0.25) is 4.79 Å². The van der Waals surface area contributed by atoms with Gasteiger partial charge in [0, 0.05) is 24.4 Å². The fraction of sp³-hybridized carbons (Fsp3) is 0.933. The smallest absolute Gasteiger partial charge is 0.219 e. The molecule has 0 aromatic heterocycles. The minimum absolute atomic E-state index is 0.0732. The monoisotopic (exact) mass is 280 g/mol. The van der Waals surface area contributed by atoms with Crippen LogP contribution in [0.25, 0.3) is 10.4 Å². The van der Waals surface area contributed by atoms with Gasteiger partial charge < -0.3 is 5.32 Å². The van der Waals surface area contributed by atoms with E-state index in [1.54, 1.807) is 0 Å². The molecular weight excluding hydrogens is 252 g/mol. The Labute approximate surface area is 122 Å². The molecule has 0 aromatic rings. The van der Waals surface area contributed by atoms with Gasteiger partial charge in [0.2, 0.25) is 5.91 Å². The van der Waals surface area contributed by atoms with Gasteiger partial charge in [-0.05, 0) is 24.3 Å². The fourth-order valence-electron chi connectivity index (χ4n) is 2.88. The summed E-state index contributed by atoms with van der Waals surface area (Å²) in [7, 11) is 0. The van der Waals surface area contributed by atoms with Crippen LogP contribution in [0.3, 0.4) is 0 Å². The van der Waals surface area contributed by atoms with E-state index in [0.717, 1.165) is 18.9 Å². The Bertz CT molecular complexity index is 307. The van der Waals surface area contributed by atoms with E-state index in [4.69, 9.17) is 5.53 Å². The minimum Gasteiger partial charge on any atom is -0.356 e. The summed E-state index contributed by atoms with van der Waals surface area (Å²) in [5, 5.41) is 6.32. The highest BCUT2D eigenvalue weighted by Gasteiger charge is 2.13. The molecule has 1 rings (SSSR count). The first kappa shape index (κ1) is 16.8. The summed E-state index contributed by atoms with van der Waals surface area (Å²) in [5.41, 5.74) is 8.10. The Balaban J connectivity index is 1.81. The van der Waals surface area contributed by atoms with Crippen molar-refractivity contribution in [2.75, 3.05) is 13.1 Å². The molecule has 20 heavy (non-hydrogen) atoms. The zero-order chi connectivity index (χ0) is 14.5. The van der Waals surface area contributed by atoms with E-state index in [2.05, 4.69) is 15.3 Å². The van der Waals surface area contributed by atoms with Crippen molar-refractivity contribution in [1.82, 2.24) is 5.32 Å². The van der Waals surface area contributed by atoms with E-state index in [1.165, 1.54) is 51.4 Å². The molecule has 0 radical (unpaired) electrons. The van der Waals surface area contributed by atoms with Crippen LogP contribution in [0.15, 0.2) is 5.11 Å². The average Bonchev–Trinajstić information content (AvgIpc) is 2.96. The summed E-state index contributed by atoms with van der Waals surface area (Å²) in [4.78, 5) is 14.1. The van der Waals surface area contributed by atoms with Gasteiger partial charge in [0.05, 0.1) is 0 Å². The number of rotatable bonds is 11. The maximum Gasteiger partial charge on any atom is 0.219 e. The molecule has 5 nitrogen and oxygen atoms in total. The number of nitrogens with zero attached hydrogens (tertiary/aromatic N) is 3. The highest BCUT2D eigenvalue weighted by Crippen LogP contribution is 2.29. The van der Waals surface area contributed by atoms with Crippen LogP contribution in [0.2, 0.25) is 0 Å². The van der Waals surface area contributed by atoms with Gasteiger partial charge in [0.15, 0.2) is 0 Å². The summed E-state index contributed by atoms with van der Waals surface area (Å²) in [6.45, 7) is 1.19. The summed E-state index contributed by atoms with van der Waals surface area (Å²) < 4.78 is 0. The maximum absolute atomic E-state index is 11.4. The number of hydrogen-bond acceptors (Lipinski definition) is 2. The van der Waals surface area contributed by atoms with E-state index < -0.39 is 0 Å². The number of azide groups is 1. The van der Waals surface area contributed by atoms with Crippen molar-refractivity contribution < 1.29 is 4.79 Å². The third-order valence-electron chi connectivity index (χ3n) is 4.06. The first-order valence-corrected chi connectivity index (χ1v) is 8.10. The van der Waals surface area contributed by atoms with Gasteiger partial charge in [-0.25, -0.2) is 0 Å². The summed E-state index contributed by atoms with van der Waals surface area (Å²) in [6, 6.07) is 0. The molecule has 0 atom stereocenters. The highest BCUT2D eigenvalue weighted by molar-refractivity contribution is 5.75. The maximum atomic E-state index is 11.4. The standard InChI is InChI=1S/C15H28N4O/c16-19-18-13-7-11-15(20)17-12-6-2-1-3-8-14-9-4-5-10-14/h14H,1-13H2,(H,17,20). The molecule has 1 fully saturated rings. The van der Waals surface area contributed by atoms with Crippen LogP contribution in [0, 0.1) is 5.92 Å². The van der Waals surface area contributed by atoms with Crippen LogP contribution in [0.1, 0.15) is 70.6 Å². The molecule has 1 saturated carbocycles. The number of unbranched alkanes of at least 4 members (excludes halogenated alkanes) is 3. The van der Waals surface area contributed by atoms with E-state index in [0.29, 0.717) is 19.4 Å². The van der Waals surface area contributed by atoms with Crippen LogP contribution in [0.5, 0.6) is 0 Å². The summed E-state index contributed by atoms with van der Waals surface area (Å²) >= 11 is 0. The van der Waals surface area contributed by atoms with Crippen LogP contribution in [0.4, 0.5) is 0 Å². The third-order valence-corrected chi connectivity index (χ3v) is 4.06. The fourth-order valence-corrected chi connectivity index (χ4v) is 2.88. The molecule has 0 saturated heterocycles. The molecule has 114 valence electrons. The van der Waals surface area contributed by atoms with Crippen molar-refractivity contribution in [3.63, 3.8) is 0 Å². The SMILES string of the molecule is [N-]=[N+]=NCCCC(=O)NCCCCCCC1CCCC1. The molecule has 0 aromatic carbocycles. The van der Waals surface area contributed by atoms with Crippen LogP contribution >= 0.6 is 0 Å². The minimum atomic E-state index is 0.0732. The van der Waals surface area contributed by atoms with Crippen molar-refractivity contribution in [3.8, 4) is 0 Å². The predicted octanol–water partition coefficient (Wildman–Crippen LogP) is 4.33. The molecule has 0 heterocycles. The molecule has 0 unspecified atom stereocenters. The van der Waals surface area contributed by atoms with Crippen LogP contribution < -0.4 is 5.32 Å². The van der Waals surface area contributed by atoms with Gasteiger partial charge in [-0.15, -0.1) is 0 Å². The number of hydrogen-bond donors (Lipinski definition) is 1. The quantitative estimate of drug-likeness (QED) is 0.260. The Hall–Kier alpha value is -1.22. The van der Waals surface area contributed by atoms with Crippen LogP contribution in [-0.2, 0) is 4.79 Å². The van der Waals surface area contributed by atoms with Crippen LogP contribution in [-0.4, -0.2) is 19.0 Å². The Morgan fingerprint density at radius 1 is 1.15 bits per heavy atom. The van der Waals surface area contributed by atoms with Gasteiger partial charge in [-0.1, -0.05) is 56.5 Å². The zero-order valence-electron chi connectivity index (χ0n) is 12.5. The van der Waals surface area contributed by atoms with Crippen molar-refractivity contribution in [2.45, 2.75) is 70.6 Å². The van der Waals surface area contributed by atoms with Crippen molar-refractivity contribution in [1.29, 1.82) is 0 Å². The second kappa shape index (κ2) is 11.6. The average molecular weight is 280 g/mol. The largest absolute Gasteiger partial charge is 0.356 e. The highest BCUT2D eigenvalue weighted by atomic mass is 16.1. The van der Waals surface area contributed by atoms with Gasteiger partial charge in [0.25, 0.3) is 0 Å².